The molecule has 0 saturated heterocycles. The largest absolute Gasteiger partial charge is 0.355 e. The topological polar surface area (TPSA) is 59.2 Å². The summed E-state index contributed by atoms with van der Waals surface area (Å²) in [6.45, 7) is 3.16. The fraction of sp³-hybridized carbons (Fsp3) is 0.263. The molecular formula is C19H24N6. The molecule has 0 spiro atoms. The van der Waals surface area contributed by atoms with Crippen molar-refractivity contribution in [2.75, 3.05) is 13.6 Å². The monoisotopic (exact) mass is 336 g/mol. The van der Waals surface area contributed by atoms with Crippen LogP contribution in [-0.2, 0) is 19.6 Å². The third-order valence-corrected chi connectivity index (χ3v) is 3.96. The molecule has 0 radical (unpaired) electrons. The predicted octanol–water partition coefficient (Wildman–Crippen LogP) is 2.10. The standard InChI is InChI=1S/C19H24N6/c1-20-19(22-9-13-24-11-5-6-12-24)23-15-18-21-10-14-25(18)16-17-7-3-2-4-8-17/h2-8,10-12,14H,9,13,15-16H2,1H3,(H2,20,22,23). The molecule has 1 aromatic carbocycles. The summed E-state index contributed by atoms with van der Waals surface area (Å²) in [5, 5.41) is 6.64. The van der Waals surface area contributed by atoms with Crippen LogP contribution in [0, 0.1) is 0 Å². The molecule has 0 saturated carbocycles. The summed E-state index contributed by atoms with van der Waals surface area (Å²) >= 11 is 0. The fourth-order valence-corrected chi connectivity index (χ4v) is 2.64. The highest BCUT2D eigenvalue weighted by Crippen LogP contribution is 2.05. The van der Waals surface area contributed by atoms with Gasteiger partial charge >= 0.3 is 0 Å². The van der Waals surface area contributed by atoms with Crippen molar-refractivity contribution in [2.24, 2.45) is 4.99 Å². The molecule has 0 aliphatic rings. The minimum Gasteiger partial charge on any atom is -0.355 e. The minimum absolute atomic E-state index is 0.628. The van der Waals surface area contributed by atoms with Crippen molar-refractivity contribution in [3.63, 3.8) is 0 Å². The van der Waals surface area contributed by atoms with Gasteiger partial charge in [-0.2, -0.15) is 0 Å². The number of nitrogens with one attached hydrogen (secondary N) is 2. The summed E-state index contributed by atoms with van der Waals surface area (Å²) < 4.78 is 4.28. The molecule has 25 heavy (non-hydrogen) atoms. The third kappa shape index (κ3) is 4.97. The Morgan fingerprint density at radius 2 is 1.84 bits per heavy atom. The van der Waals surface area contributed by atoms with E-state index in [1.807, 2.05) is 30.6 Å². The zero-order chi connectivity index (χ0) is 17.3. The van der Waals surface area contributed by atoms with Crippen molar-refractivity contribution in [2.45, 2.75) is 19.6 Å². The summed E-state index contributed by atoms with van der Waals surface area (Å²) in [6, 6.07) is 14.4. The first-order valence-corrected chi connectivity index (χ1v) is 8.44. The smallest absolute Gasteiger partial charge is 0.191 e. The Hall–Kier alpha value is -3.02. The van der Waals surface area contributed by atoms with Gasteiger partial charge in [0, 0.05) is 51.5 Å². The van der Waals surface area contributed by atoms with E-state index in [-0.39, 0.29) is 0 Å². The van der Waals surface area contributed by atoms with Crippen molar-refractivity contribution >= 4 is 5.96 Å². The van der Waals surface area contributed by atoms with E-state index in [9.17, 15) is 0 Å². The first-order chi connectivity index (χ1) is 12.3. The van der Waals surface area contributed by atoms with E-state index in [1.165, 1.54) is 5.56 Å². The SMILES string of the molecule is CN=C(NCCn1cccc1)NCc1nccn1Cc1ccccc1. The van der Waals surface area contributed by atoms with Crippen LogP contribution in [0.25, 0.3) is 0 Å². The Morgan fingerprint density at radius 1 is 1.04 bits per heavy atom. The Balaban J connectivity index is 1.49. The van der Waals surface area contributed by atoms with Crippen LogP contribution in [0.15, 0.2) is 72.2 Å². The Kier molecular flexibility index (Phi) is 5.87. The second kappa shape index (κ2) is 8.73. The lowest BCUT2D eigenvalue weighted by atomic mass is 10.2. The second-order valence-corrected chi connectivity index (χ2v) is 5.73. The zero-order valence-electron chi connectivity index (χ0n) is 14.5. The average molecular weight is 336 g/mol. The van der Waals surface area contributed by atoms with Crippen molar-refractivity contribution in [1.82, 2.24) is 24.8 Å². The third-order valence-electron chi connectivity index (χ3n) is 3.96. The molecule has 0 unspecified atom stereocenters. The molecule has 0 atom stereocenters. The molecule has 6 heteroatoms. The van der Waals surface area contributed by atoms with Crippen molar-refractivity contribution < 1.29 is 0 Å². The number of benzene rings is 1. The first-order valence-electron chi connectivity index (χ1n) is 8.44. The van der Waals surface area contributed by atoms with Gasteiger partial charge in [-0.25, -0.2) is 4.98 Å². The number of hydrogen-bond donors (Lipinski definition) is 2. The quantitative estimate of drug-likeness (QED) is 0.513. The first kappa shape index (κ1) is 16.8. The van der Waals surface area contributed by atoms with E-state index in [2.05, 4.69) is 66.4 Å². The molecule has 0 fully saturated rings. The number of aromatic nitrogens is 3. The molecule has 3 aromatic rings. The molecule has 2 aromatic heterocycles. The molecule has 0 aliphatic heterocycles. The predicted molar refractivity (Wildman–Crippen MR) is 100 cm³/mol. The van der Waals surface area contributed by atoms with E-state index in [1.54, 1.807) is 7.05 Å². The van der Waals surface area contributed by atoms with Gasteiger partial charge in [-0.3, -0.25) is 4.99 Å². The fourth-order valence-electron chi connectivity index (χ4n) is 2.64. The molecule has 2 N–H and O–H groups in total. The van der Waals surface area contributed by atoms with Gasteiger partial charge in [0.2, 0.25) is 0 Å². The second-order valence-electron chi connectivity index (χ2n) is 5.73. The number of rotatable bonds is 7. The van der Waals surface area contributed by atoms with E-state index >= 15 is 0 Å². The Labute approximate surface area is 148 Å². The van der Waals surface area contributed by atoms with E-state index in [0.29, 0.717) is 6.54 Å². The van der Waals surface area contributed by atoms with Gasteiger partial charge < -0.3 is 19.8 Å². The summed E-state index contributed by atoms with van der Waals surface area (Å²) in [7, 11) is 1.78. The molecule has 3 rings (SSSR count). The van der Waals surface area contributed by atoms with Crippen LogP contribution in [0.3, 0.4) is 0 Å². The number of nitrogens with zero attached hydrogens (tertiary/aromatic N) is 4. The van der Waals surface area contributed by atoms with Crippen LogP contribution >= 0.6 is 0 Å². The zero-order valence-corrected chi connectivity index (χ0v) is 14.5. The number of imidazole rings is 1. The van der Waals surface area contributed by atoms with Gasteiger partial charge in [-0.1, -0.05) is 30.3 Å². The maximum Gasteiger partial charge on any atom is 0.191 e. The molecule has 2 heterocycles. The molecule has 0 bridgehead atoms. The maximum absolute atomic E-state index is 4.45. The normalized spacial score (nSPS) is 11.5. The molecule has 130 valence electrons. The van der Waals surface area contributed by atoms with E-state index in [0.717, 1.165) is 31.4 Å². The van der Waals surface area contributed by atoms with E-state index < -0.39 is 0 Å². The van der Waals surface area contributed by atoms with Crippen molar-refractivity contribution in [3.05, 3.63) is 78.6 Å². The number of aliphatic imine (C=N–C) groups is 1. The van der Waals surface area contributed by atoms with Gasteiger partial charge in [0.05, 0.1) is 6.54 Å². The highest BCUT2D eigenvalue weighted by molar-refractivity contribution is 5.79. The summed E-state index contributed by atoms with van der Waals surface area (Å²) in [6.07, 6.45) is 7.95. The Bertz CT molecular complexity index is 773. The highest BCUT2D eigenvalue weighted by atomic mass is 15.2. The lowest BCUT2D eigenvalue weighted by Gasteiger charge is -2.13. The van der Waals surface area contributed by atoms with Crippen molar-refractivity contribution in [1.29, 1.82) is 0 Å². The summed E-state index contributed by atoms with van der Waals surface area (Å²) in [5.41, 5.74) is 1.26. The van der Waals surface area contributed by atoms with Crippen LogP contribution in [0.5, 0.6) is 0 Å². The van der Waals surface area contributed by atoms with E-state index in [4.69, 9.17) is 0 Å². The van der Waals surface area contributed by atoms with Gasteiger partial charge in [0.1, 0.15) is 5.82 Å². The van der Waals surface area contributed by atoms with Crippen LogP contribution < -0.4 is 10.6 Å². The lowest BCUT2D eigenvalue weighted by molar-refractivity contribution is 0.653. The number of guanidine groups is 1. The summed E-state index contributed by atoms with van der Waals surface area (Å²) in [4.78, 5) is 8.72. The lowest BCUT2D eigenvalue weighted by Crippen LogP contribution is -2.38. The summed E-state index contributed by atoms with van der Waals surface area (Å²) in [5.74, 6) is 1.76. The van der Waals surface area contributed by atoms with Crippen molar-refractivity contribution in [3.8, 4) is 0 Å². The highest BCUT2D eigenvalue weighted by Gasteiger charge is 2.05. The van der Waals surface area contributed by atoms with Crippen LogP contribution in [-0.4, -0.2) is 33.7 Å². The van der Waals surface area contributed by atoms with Gasteiger partial charge in [0.25, 0.3) is 0 Å². The minimum atomic E-state index is 0.628. The van der Waals surface area contributed by atoms with Gasteiger partial charge in [-0.15, -0.1) is 0 Å². The number of hydrogen-bond acceptors (Lipinski definition) is 2. The molecule has 0 amide bonds. The molecule has 0 aliphatic carbocycles. The van der Waals surface area contributed by atoms with Crippen LogP contribution in [0.2, 0.25) is 0 Å². The molecular weight excluding hydrogens is 312 g/mol. The average Bonchev–Trinajstić information content (AvgIpc) is 3.31. The van der Waals surface area contributed by atoms with Gasteiger partial charge in [-0.05, 0) is 17.7 Å². The Morgan fingerprint density at radius 3 is 2.60 bits per heavy atom. The van der Waals surface area contributed by atoms with Gasteiger partial charge in [0.15, 0.2) is 5.96 Å². The van der Waals surface area contributed by atoms with Crippen LogP contribution in [0.4, 0.5) is 0 Å². The van der Waals surface area contributed by atoms with Crippen LogP contribution in [0.1, 0.15) is 11.4 Å². The molecule has 6 nitrogen and oxygen atoms in total. The maximum atomic E-state index is 4.45.